The molecule has 0 saturated heterocycles. The maximum absolute atomic E-state index is 11.6. The summed E-state index contributed by atoms with van der Waals surface area (Å²) in [5.41, 5.74) is 0.697. The van der Waals surface area contributed by atoms with Crippen LogP contribution < -0.4 is 10.6 Å². The fourth-order valence-electron chi connectivity index (χ4n) is 1.65. The molecule has 0 saturated carbocycles. The lowest BCUT2D eigenvalue weighted by molar-refractivity contribution is 0.0690. The molecule has 0 aliphatic heterocycles. The van der Waals surface area contributed by atoms with Crippen LogP contribution >= 0.6 is 0 Å². The topological polar surface area (TPSA) is 104 Å². The van der Waals surface area contributed by atoms with Gasteiger partial charge >= 0.3 is 12.0 Å². The van der Waals surface area contributed by atoms with Crippen molar-refractivity contribution >= 4 is 12.0 Å². The molecule has 0 aliphatic rings. The van der Waals surface area contributed by atoms with Gasteiger partial charge in [0, 0.05) is 25.7 Å². The van der Waals surface area contributed by atoms with E-state index in [1.807, 2.05) is 6.07 Å². The summed E-state index contributed by atoms with van der Waals surface area (Å²) in [6, 6.07) is 6.34. The summed E-state index contributed by atoms with van der Waals surface area (Å²) in [4.78, 5) is 26.0. The highest BCUT2D eigenvalue weighted by Gasteiger charge is 2.05. The molecule has 0 bridgehead atoms. The number of rotatable bonds is 6. The molecule has 2 aromatic heterocycles. The standard InChI is InChI=1S/C14H15N3O4/c18-13(19)12-4-3-10(8-16-12)9-17-14(20)15-6-5-11-2-1-7-21-11/h1-4,7-8H,5-6,9H2,(H,18,19)(H2,15,17,20). The highest BCUT2D eigenvalue weighted by atomic mass is 16.4. The van der Waals surface area contributed by atoms with E-state index in [2.05, 4.69) is 15.6 Å². The zero-order chi connectivity index (χ0) is 15.1. The zero-order valence-electron chi connectivity index (χ0n) is 11.2. The summed E-state index contributed by atoms with van der Waals surface area (Å²) in [5, 5.41) is 14.1. The van der Waals surface area contributed by atoms with E-state index in [9.17, 15) is 9.59 Å². The van der Waals surface area contributed by atoms with Crippen molar-refractivity contribution in [3.63, 3.8) is 0 Å². The van der Waals surface area contributed by atoms with Crippen LogP contribution in [0, 0.1) is 0 Å². The van der Waals surface area contributed by atoms with Crippen LogP contribution in [0.4, 0.5) is 4.79 Å². The molecule has 7 heteroatoms. The summed E-state index contributed by atoms with van der Waals surface area (Å²) in [7, 11) is 0. The average molecular weight is 289 g/mol. The minimum Gasteiger partial charge on any atom is -0.477 e. The molecule has 0 spiro atoms. The minimum atomic E-state index is -1.08. The second-order valence-corrected chi connectivity index (χ2v) is 4.30. The molecule has 0 unspecified atom stereocenters. The lowest BCUT2D eigenvalue weighted by Crippen LogP contribution is -2.36. The Balaban J connectivity index is 1.69. The molecular formula is C14H15N3O4. The Morgan fingerprint density at radius 2 is 2.10 bits per heavy atom. The van der Waals surface area contributed by atoms with Crippen molar-refractivity contribution in [2.45, 2.75) is 13.0 Å². The molecule has 2 aromatic rings. The van der Waals surface area contributed by atoms with Gasteiger partial charge in [0.05, 0.1) is 6.26 Å². The Hall–Kier alpha value is -2.83. The molecule has 110 valence electrons. The predicted octanol–water partition coefficient (Wildman–Crippen LogP) is 1.41. The number of amides is 2. The van der Waals surface area contributed by atoms with Gasteiger partial charge in [-0.05, 0) is 23.8 Å². The van der Waals surface area contributed by atoms with E-state index in [4.69, 9.17) is 9.52 Å². The molecule has 3 N–H and O–H groups in total. The summed E-state index contributed by atoms with van der Waals surface area (Å²) < 4.78 is 5.15. The number of furan rings is 1. The second kappa shape index (κ2) is 7.09. The average Bonchev–Trinajstić information content (AvgIpc) is 2.99. The molecular weight excluding hydrogens is 274 g/mol. The van der Waals surface area contributed by atoms with Crippen LogP contribution in [0.25, 0.3) is 0 Å². The van der Waals surface area contributed by atoms with Crippen LogP contribution in [-0.4, -0.2) is 28.6 Å². The summed E-state index contributed by atoms with van der Waals surface area (Å²) in [6.07, 6.45) is 3.63. The van der Waals surface area contributed by atoms with Crippen LogP contribution in [0.2, 0.25) is 0 Å². The smallest absolute Gasteiger partial charge is 0.354 e. The second-order valence-electron chi connectivity index (χ2n) is 4.30. The van der Waals surface area contributed by atoms with Gasteiger partial charge in [-0.2, -0.15) is 0 Å². The molecule has 0 radical (unpaired) electrons. The molecule has 0 aliphatic carbocycles. The number of carbonyl (C=O) groups is 2. The first-order chi connectivity index (χ1) is 10.1. The summed E-state index contributed by atoms with van der Waals surface area (Å²) in [5.74, 6) is -0.270. The van der Waals surface area contributed by atoms with Gasteiger partial charge in [0.2, 0.25) is 0 Å². The van der Waals surface area contributed by atoms with Crippen molar-refractivity contribution in [2.24, 2.45) is 0 Å². The number of aromatic nitrogens is 1. The van der Waals surface area contributed by atoms with Gasteiger partial charge in [0.1, 0.15) is 11.5 Å². The number of nitrogens with zero attached hydrogens (tertiary/aromatic N) is 1. The molecule has 2 rings (SSSR count). The Labute approximate surface area is 121 Å². The monoisotopic (exact) mass is 289 g/mol. The first-order valence-electron chi connectivity index (χ1n) is 6.37. The Bertz CT molecular complexity index is 593. The van der Waals surface area contributed by atoms with Gasteiger partial charge < -0.3 is 20.2 Å². The van der Waals surface area contributed by atoms with Gasteiger partial charge in [0.15, 0.2) is 0 Å². The highest BCUT2D eigenvalue weighted by Crippen LogP contribution is 2.01. The SMILES string of the molecule is O=C(NCCc1ccco1)NCc1ccc(C(=O)O)nc1. The third kappa shape index (κ3) is 4.64. The normalized spacial score (nSPS) is 10.1. The number of hydrogen-bond acceptors (Lipinski definition) is 4. The fourth-order valence-corrected chi connectivity index (χ4v) is 1.65. The van der Waals surface area contributed by atoms with Crippen molar-refractivity contribution in [3.8, 4) is 0 Å². The van der Waals surface area contributed by atoms with Crippen LogP contribution in [0.5, 0.6) is 0 Å². The van der Waals surface area contributed by atoms with E-state index in [0.29, 0.717) is 13.0 Å². The van der Waals surface area contributed by atoms with Crippen molar-refractivity contribution in [1.82, 2.24) is 15.6 Å². The Morgan fingerprint density at radius 1 is 1.24 bits per heavy atom. The van der Waals surface area contributed by atoms with Gasteiger partial charge in [0.25, 0.3) is 0 Å². The molecule has 2 amide bonds. The van der Waals surface area contributed by atoms with E-state index in [1.54, 1.807) is 18.4 Å². The predicted molar refractivity (Wildman–Crippen MR) is 73.8 cm³/mol. The number of urea groups is 1. The third-order valence-corrected chi connectivity index (χ3v) is 2.73. The number of carboxylic acid groups (broad SMARTS) is 1. The number of carboxylic acids is 1. The van der Waals surface area contributed by atoms with Crippen LogP contribution in [0.3, 0.4) is 0 Å². The summed E-state index contributed by atoms with van der Waals surface area (Å²) in [6.45, 7) is 0.745. The van der Waals surface area contributed by atoms with Gasteiger partial charge in [-0.25, -0.2) is 14.6 Å². The van der Waals surface area contributed by atoms with Crippen molar-refractivity contribution < 1.29 is 19.1 Å². The number of pyridine rings is 1. The van der Waals surface area contributed by atoms with E-state index in [-0.39, 0.29) is 18.3 Å². The van der Waals surface area contributed by atoms with Crippen LogP contribution in [0.15, 0.2) is 41.1 Å². The summed E-state index contributed by atoms with van der Waals surface area (Å²) >= 11 is 0. The maximum Gasteiger partial charge on any atom is 0.354 e. The molecule has 0 aromatic carbocycles. The molecule has 2 heterocycles. The largest absolute Gasteiger partial charge is 0.477 e. The Morgan fingerprint density at radius 3 is 2.71 bits per heavy atom. The number of hydrogen-bond donors (Lipinski definition) is 3. The fraction of sp³-hybridized carbons (Fsp3) is 0.214. The first-order valence-corrected chi connectivity index (χ1v) is 6.37. The zero-order valence-corrected chi connectivity index (χ0v) is 11.2. The van der Waals surface area contributed by atoms with Crippen molar-refractivity contribution in [2.75, 3.05) is 6.54 Å². The van der Waals surface area contributed by atoms with Gasteiger partial charge in [-0.1, -0.05) is 6.07 Å². The number of carbonyl (C=O) groups excluding carboxylic acids is 1. The van der Waals surface area contributed by atoms with E-state index in [0.717, 1.165) is 11.3 Å². The number of nitrogens with one attached hydrogen (secondary N) is 2. The molecule has 21 heavy (non-hydrogen) atoms. The minimum absolute atomic E-state index is 0.0263. The molecule has 7 nitrogen and oxygen atoms in total. The van der Waals surface area contributed by atoms with E-state index < -0.39 is 5.97 Å². The Kier molecular flexibility index (Phi) is 4.92. The van der Waals surface area contributed by atoms with Gasteiger partial charge in [-0.15, -0.1) is 0 Å². The first kappa shape index (κ1) is 14.6. The van der Waals surface area contributed by atoms with Crippen molar-refractivity contribution in [1.29, 1.82) is 0 Å². The van der Waals surface area contributed by atoms with Crippen molar-refractivity contribution in [3.05, 3.63) is 53.7 Å². The lowest BCUT2D eigenvalue weighted by atomic mass is 10.2. The van der Waals surface area contributed by atoms with E-state index >= 15 is 0 Å². The van der Waals surface area contributed by atoms with Crippen LogP contribution in [-0.2, 0) is 13.0 Å². The van der Waals surface area contributed by atoms with Crippen LogP contribution in [0.1, 0.15) is 21.8 Å². The van der Waals surface area contributed by atoms with Gasteiger partial charge in [-0.3, -0.25) is 0 Å². The highest BCUT2D eigenvalue weighted by molar-refractivity contribution is 5.85. The molecule has 0 atom stereocenters. The number of aromatic carboxylic acids is 1. The maximum atomic E-state index is 11.6. The molecule has 0 fully saturated rings. The third-order valence-electron chi connectivity index (χ3n) is 2.73. The quantitative estimate of drug-likeness (QED) is 0.746. The van der Waals surface area contributed by atoms with E-state index in [1.165, 1.54) is 12.3 Å². The lowest BCUT2D eigenvalue weighted by Gasteiger charge is -2.07.